The lowest BCUT2D eigenvalue weighted by Gasteiger charge is -2.20. The van der Waals surface area contributed by atoms with E-state index in [0.29, 0.717) is 5.92 Å². The van der Waals surface area contributed by atoms with E-state index in [-0.39, 0.29) is 0 Å². The van der Waals surface area contributed by atoms with Gasteiger partial charge in [0.25, 0.3) is 0 Å². The van der Waals surface area contributed by atoms with Crippen molar-refractivity contribution in [1.29, 1.82) is 0 Å². The Morgan fingerprint density at radius 1 is 1.40 bits per heavy atom. The van der Waals surface area contributed by atoms with E-state index in [1.165, 1.54) is 0 Å². The highest BCUT2D eigenvalue weighted by Crippen LogP contribution is 2.21. The molecule has 0 saturated carbocycles. The Hall–Kier alpha value is -1.03. The lowest BCUT2D eigenvalue weighted by atomic mass is 9.97. The van der Waals surface area contributed by atoms with Gasteiger partial charge in [0.05, 0.1) is 11.9 Å². The minimum absolute atomic E-state index is 0.510. The van der Waals surface area contributed by atoms with Crippen molar-refractivity contribution in [1.82, 2.24) is 20.5 Å². The average molecular weight is 206 g/mol. The number of hydrogen-bond acceptors (Lipinski definition) is 4. The van der Waals surface area contributed by atoms with Crippen LogP contribution in [0.25, 0.3) is 0 Å². The summed E-state index contributed by atoms with van der Waals surface area (Å²) in [6.45, 7) is 4.31. The summed E-state index contributed by atoms with van der Waals surface area (Å²) in [6, 6.07) is 0. The van der Waals surface area contributed by atoms with Gasteiger partial charge in [0, 0.05) is 5.92 Å². The SMILES string of the molecule is CCCc1cnnc(C2CCNCC2)n1. The fourth-order valence-corrected chi connectivity index (χ4v) is 1.98. The fourth-order valence-electron chi connectivity index (χ4n) is 1.98. The Morgan fingerprint density at radius 3 is 2.93 bits per heavy atom. The predicted molar refractivity (Wildman–Crippen MR) is 58.7 cm³/mol. The third kappa shape index (κ3) is 2.72. The second-order valence-corrected chi connectivity index (χ2v) is 4.08. The van der Waals surface area contributed by atoms with E-state index in [0.717, 1.165) is 50.3 Å². The van der Waals surface area contributed by atoms with Gasteiger partial charge in [-0.3, -0.25) is 0 Å². The molecule has 1 aliphatic heterocycles. The van der Waals surface area contributed by atoms with Crippen LogP contribution < -0.4 is 5.32 Å². The van der Waals surface area contributed by atoms with Crippen molar-refractivity contribution in [3.63, 3.8) is 0 Å². The lowest BCUT2D eigenvalue weighted by molar-refractivity contribution is 0.439. The van der Waals surface area contributed by atoms with Crippen LogP contribution in [-0.4, -0.2) is 28.3 Å². The molecule has 0 amide bonds. The van der Waals surface area contributed by atoms with Crippen molar-refractivity contribution in [2.24, 2.45) is 0 Å². The quantitative estimate of drug-likeness (QED) is 0.809. The summed E-state index contributed by atoms with van der Waals surface area (Å²) in [7, 11) is 0. The van der Waals surface area contributed by atoms with Crippen molar-refractivity contribution in [2.75, 3.05) is 13.1 Å². The van der Waals surface area contributed by atoms with E-state index < -0.39 is 0 Å². The van der Waals surface area contributed by atoms with Crippen LogP contribution in [0.2, 0.25) is 0 Å². The maximum atomic E-state index is 4.58. The van der Waals surface area contributed by atoms with Crippen molar-refractivity contribution in [3.8, 4) is 0 Å². The second-order valence-electron chi connectivity index (χ2n) is 4.08. The van der Waals surface area contributed by atoms with E-state index in [4.69, 9.17) is 0 Å². The highest BCUT2D eigenvalue weighted by molar-refractivity contribution is 5.02. The smallest absolute Gasteiger partial charge is 0.154 e. The average Bonchev–Trinajstić information content (AvgIpc) is 2.31. The van der Waals surface area contributed by atoms with Crippen molar-refractivity contribution in [3.05, 3.63) is 17.7 Å². The molecule has 1 aliphatic rings. The molecule has 1 saturated heterocycles. The maximum absolute atomic E-state index is 4.58. The lowest BCUT2D eigenvalue weighted by Crippen LogP contribution is -2.27. The maximum Gasteiger partial charge on any atom is 0.154 e. The molecule has 0 spiro atoms. The first-order valence-corrected chi connectivity index (χ1v) is 5.79. The molecular formula is C11H18N4. The van der Waals surface area contributed by atoms with Crippen molar-refractivity contribution >= 4 is 0 Å². The van der Waals surface area contributed by atoms with Gasteiger partial charge >= 0.3 is 0 Å². The van der Waals surface area contributed by atoms with Crippen LogP contribution in [0.4, 0.5) is 0 Å². The molecular weight excluding hydrogens is 188 g/mol. The fraction of sp³-hybridized carbons (Fsp3) is 0.727. The van der Waals surface area contributed by atoms with Crippen LogP contribution in [0, 0.1) is 0 Å². The van der Waals surface area contributed by atoms with Gasteiger partial charge in [-0.15, -0.1) is 5.10 Å². The number of hydrogen-bond donors (Lipinski definition) is 1. The van der Waals surface area contributed by atoms with Gasteiger partial charge in [0.1, 0.15) is 0 Å². The largest absolute Gasteiger partial charge is 0.317 e. The number of nitrogens with zero attached hydrogens (tertiary/aromatic N) is 3. The van der Waals surface area contributed by atoms with Crippen LogP contribution in [-0.2, 0) is 6.42 Å². The summed E-state index contributed by atoms with van der Waals surface area (Å²) in [5.74, 6) is 1.46. The van der Waals surface area contributed by atoms with Gasteiger partial charge in [-0.1, -0.05) is 13.3 Å². The van der Waals surface area contributed by atoms with Gasteiger partial charge in [-0.25, -0.2) is 4.98 Å². The first-order chi connectivity index (χ1) is 7.40. The number of aromatic nitrogens is 3. The first-order valence-electron chi connectivity index (χ1n) is 5.79. The number of aryl methyl sites for hydroxylation is 1. The molecule has 0 aromatic carbocycles. The zero-order valence-electron chi connectivity index (χ0n) is 9.24. The molecule has 4 nitrogen and oxygen atoms in total. The monoisotopic (exact) mass is 206 g/mol. The summed E-state index contributed by atoms with van der Waals surface area (Å²) >= 11 is 0. The molecule has 0 aliphatic carbocycles. The summed E-state index contributed by atoms with van der Waals surface area (Å²) in [5, 5.41) is 11.6. The zero-order chi connectivity index (χ0) is 10.5. The Bertz CT molecular complexity index is 307. The first kappa shape index (κ1) is 10.5. The summed E-state index contributed by atoms with van der Waals surface area (Å²) in [6.07, 6.45) is 6.18. The highest BCUT2D eigenvalue weighted by atomic mass is 15.1. The molecule has 1 aromatic rings. The van der Waals surface area contributed by atoms with Crippen LogP contribution >= 0.6 is 0 Å². The normalized spacial score (nSPS) is 17.9. The third-order valence-corrected chi connectivity index (χ3v) is 2.84. The third-order valence-electron chi connectivity index (χ3n) is 2.84. The van der Waals surface area contributed by atoms with Crippen molar-refractivity contribution in [2.45, 2.75) is 38.5 Å². The molecule has 2 rings (SSSR count). The minimum Gasteiger partial charge on any atom is -0.317 e. The molecule has 1 fully saturated rings. The molecule has 0 atom stereocenters. The van der Waals surface area contributed by atoms with E-state index >= 15 is 0 Å². The molecule has 1 aromatic heterocycles. The van der Waals surface area contributed by atoms with Crippen LogP contribution in [0.1, 0.15) is 43.6 Å². The van der Waals surface area contributed by atoms with Gasteiger partial charge in [0.2, 0.25) is 0 Å². The Labute approximate surface area is 90.5 Å². The highest BCUT2D eigenvalue weighted by Gasteiger charge is 2.18. The molecule has 0 radical (unpaired) electrons. The molecule has 4 heteroatoms. The summed E-state index contributed by atoms with van der Waals surface area (Å²) in [4.78, 5) is 4.58. The standard InChI is InChI=1S/C11H18N4/c1-2-3-10-8-13-15-11(14-10)9-4-6-12-7-5-9/h8-9,12H,2-7H2,1H3. The molecule has 82 valence electrons. The van der Waals surface area contributed by atoms with E-state index in [2.05, 4.69) is 27.4 Å². The summed E-state index contributed by atoms with van der Waals surface area (Å²) < 4.78 is 0. The van der Waals surface area contributed by atoms with E-state index in [1.54, 1.807) is 6.20 Å². The molecule has 0 bridgehead atoms. The van der Waals surface area contributed by atoms with E-state index in [1.807, 2.05) is 0 Å². The van der Waals surface area contributed by atoms with Crippen molar-refractivity contribution < 1.29 is 0 Å². The molecule has 0 unspecified atom stereocenters. The molecule has 15 heavy (non-hydrogen) atoms. The molecule has 2 heterocycles. The van der Waals surface area contributed by atoms with Gasteiger partial charge in [-0.05, 0) is 32.4 Å². The Kier molecular flexibility index (Phi) is 3.61. The van der Waals surface area contributed by atoms with Crippen LogP contribution in [0.5, 0.6) is 0 Å². The van der Waals surface area contributed by atoms with Gasteiger partial charge in [-0.2, -0.15) is 5.10 Å². The zero-order valence-corrected chi connectivity index (χ0v) is 9.24. The summed E-state index contributed by atoms with van der Waals surface area (Å²) in [5.41, 5.74) is 1.08. The topological polar surface area (TPSA) is 50.7 Å². The minimum atomic E-state index is 0.510. The van der Waals surface area contributed by atoms with Crippen LogP contribution in [0.3, 0.4) is 0 Å². The second kappa shape index (κ2) is 5.16. The number of piperidine rings is 1. The molecule has 1 N–H and O–H groups in total. The van der Waals surface area contributed by atoms with E-state index in [9.17, 15) is 0 Å². The van der Waals surface area contributed by atoms with Gasteiger partial charge in [0.15, 0.2) is 5.82 Å². The number of nitrogens with one attached hydrogen (secondary N) is 1. The van der Waals surface area contributed by atoms with Crippen LogP contribution in [0.15, 0.2) is 6.20 Å². The Balaban J connectivity index is 2.09. The number of rotatable bonds is 3. The predicted octanol–water partition coefficient (Wildman–Crippen LogP) is 1.29. The Morgan fingerprint density at radius 2 is 2.20 bits per heavy atom. The van der Waals surface area contributed by atoms with Gasteiger partial charge < -0.3 is 5.32 Å².